The average molecular weight is 393 g/mol. The van der Waals surface area contributed by atoms with Crippen LogP contribution >= 0.6 is 0 Å². The Hall–Kier alpha value is -3.46. The van der Waals surface area contributed by atoms with Crippen LogP contribution in [-0.4, -0.2) is 12.2 Å². The van der Waals surface area contributed by atoms with Gasteiger partial charge in [0.05, 0.1) is 5.41 Å². The highest BCUT2D eigenvalue weighted by atomic mass is 16.2. The molecule has 1 aliphatic carbocycles. The Morgan fingerprint density at radius 2 is 1.43 bits per heavy atom. The van der Waals surface area contributed by atoms with Gasteiger partial charge in [-0.05, 0) is 34.2 Å². The smallest absolute Gasteiger partial charge is 0.236 e. The lowest BCUT2D eigenvalue weighted by molar-refractivity contribution is -0.123. The van der Waals surface area contributed by atoms with Gasteiger partial charge in [-0.15, -0.1) is 0 Å². The van der Waals surface area contributed by atoms with E-state index in [-0.39, 0.29) is 23.7 Å². The normalized spacial score (nSPS) is 27.3. The van der Waals surface area contributed by atoms with Crippen LogP contribution in [0, 0.1) is 5.92 Å². The molecule has 2 aliphatic rings. The molecule has 1 N–H and O–H groups in total. The van der Waals surface area contributed by atoms with Gasteiger partial charge in [-0.1, -0.05) is 91.9 Å². The summed E-state index contributed by atoms with van der Waals surface area (Å²) in [5.41, 5.74) is 3.67. The zero-order valence-corrected chi connectivity index (χ0v) is 16.8. The number of benzene rings is 3. The van der Waals surface area contributed by atoms with Gasteiger partial charge in [0, 0.05) is 17.5 Å². The summed E-state index contributed by atoms with van der Waals surface area (Å²) in [7, 11) is 0. The Morgan fingerprint density at radius 3 is 2.10 bits per heavy atom. The second kappa shape index (κ2) is 7.10. The maximum absolute atomic E-state index is 13.9. The van der Waals surface area contributed by atoms with Gasteiger partial charge in [0.15, 0.2) is 0 Å². The van der Waals surface area contributed by atoms with Crippen LogP contribution < -0.4 is 5.32 Å². The fraction of sp³-hybridized carbons (Fsp3) is 0.185. The van der Waals surface area contributed by atoms with Crippen molar-refractivity contribution in [2.45, 2.75) is 24.2 Å². The number of allylic oxidation sites excluding steroid dienone is 2. The molecule has 0 radical (unpaired) electrons. The van der Waals surface area contributed by atoms with Crippen LogP contribution in [0.3, 0.4) is 0 Å². The SMILES string of the molecule is C[C@H]1C=C(C=O)[C@H](c2ccccc2)[C@]2(C(=O)Nc3ccccc32)[C@@H]1c1ccccc1. The maximum Gasteiger partial charge on any atom is 0.236 e. The van der Waals surface area contributed by atoms with Crippen molar-refractivity contribution >= 4 is 17.9 Å². The van der Waals surface area contributed by atoms with Gasteiger partial charge in [-0.3, -0.25) is 9.59 Å². The third-order valence-corrected chi connectivity index (χ3v) is 6.68. The van der Waals surface area contributed by atoms with Crippen molar-refractivity contribution in [1.82, 2.24) is 0 Å². The predicted molar refractivity (Wildman–Crippen MR) is 118 cm³/mol. The number of nitrogens with one attached hydrogen (secondary N) is 1. The first-order valence-corrected chi connectivity index (χ1v) is 10.4. The molecule has 0 saturated heterocycles. The first-order chi connectivity index (χ1) is 14.7. The molecule has 3 aromatic rings. The van der Waals surface area contributed by atoms with E-state index < -0.39 is 5.41 Å². The highest BCUT2D eigenvalue weighted by Gasteiger charge is 2.61. The lowest BCUT2D eigenvalue weighted by Crippen LogP contribution is -2.50. The molecule has 0 aromatic heterocycles. The van der Waals surface area contributed by atoms with Crippen LogP contribution in [0.5, 0.6) is 0 Å². The van der Waals surface area contributed by atoms with Crippen molar-refractivity contribution in [3.8, 4) is 0 Å². The van der Waals surface area contributed by atoms with Crippen molar-refractivity contribution < 1.29 is 9.59 Å². The highest BCUT2D eigenvalue weighted by molar-refractivity contribution is 6.09. The first kappa shape index (κ1) is 18.6. The summed E-state index contributed by atoms with van der Waals surface area (Å²) in [4.78, 5) is 26.2. The summed E-state index contributed by atoms with van der Waals surface area (Å²) in [5, 5.41) is 3.14. The van der Waals surface area contributed by atoms with E-state index in [9.17, 15) is 9.59 Å². The number of rotatable bonds is 3. The first-order valence-electron chi connectivity index (χ1n) is 10.4. The molecule has 3 nitrogen and oxygen atoms in total. The molecule has 0 bridgehead atoms. The van der Waals surface area contributed by atoms with E-state index in [1.54, 1.807) is 0 Å². The van der Waals surface area contributed by atoms with Crippen LogP contribution in [0.1, 0.15) is 35.4 Å². The highest BCUT2D eigenvalue weighted by Crippen LogP contribution is 2.61. The Kier molecular flexibility index (Phi) is 4.39. The molecule has 1 aliphatic heterocycles. The minimum atomic E-state index is -0.899. The van der Waals surface area contributed by atoms with Gasteiger partial charge < -0.3 is 5.32 Å². The molecule has 1 spiro atoms. The standard InChI is InChI=1S/C27H23NO2/c1-18-16-21(17-29)25(20-12-6-3-7-13-20)27(24(18)19-10-4-2-5-11-19)22-14-8-9-15-23(22)28-26(27)30/h2-18,24-25H,1H3,(H,28,30)/t18-,24-,25-,27+/m0/s1. The van der Waals surface area contributed by atoms with Gasteiger partial charge in [-0.2, -0.15) is 0 Å². The summed E-state index contributed by atoms with van der Waals surface area (Å²) >= 11 is 0. The lowest BCUT2D eigenvalue weighted by Gasteiger charge is -2.48. The lowest BCUT2D eigenvalue weighted by atomic mass is 9.52. The van der Waals surface area contributed by atoms with Crippen molar-refractivity contribution in [1.29, 1.82) is 0 Å². The molecule has 1 amide bonds. The Morgan fingerprint density at radius 1 is 0.833 bits per heavy atom. The van der Waals surface area contributed by atoms with Crippen LogP contribution in [0.4, 0.5) is 5.69 Å². The van der Waals surface area contributed by atoms with Crippen LogP contribution in [0.25, 0.3) is 0 Å². The Balaban J connectivity index is 1.88. The van der Waals surface area contributed by atoms with Crippen LogP contribution in [-0.2, 0) is 15.0 Å². The second-order valence-electron chi connectivity index (χ2n) is 8.24. The molecule has 0 unspecified atom stereocenters. The van der Waals surface area contributed by atoms with E-state index >= 15 is 0 Å². The van der Waals surface area contributed by atoms with Crippen molar-refractivity contribution in [3.05, 3.63) is 113 Å². The van der Waals surface area contributed by atoms with E-state index in [1.807, 2.05) is 72.8 Å². The summed E-state index contributed by atoms with van der Waals surface area (Å²) in [6.07, 6.45) is 2.99. The third kappa shape index (κ3) is 2.51. The molecule has 30 heavy (non-hydrogen) atoms. The van der Waals surface area contributed by atoms with E-state index in [0.29, 0.717) is 5.57 Å². The second-order valence-corrected chi connectivity index (χ2v) is 8.24. The molecule has 3 aromatic carbocycles. The zero-order chi connectivity index (χ0) is 20.7. The Bertz CT molecular complexity index is 1140. The number of para-hydroxylation sites is 1. The van der Waals surface area contributed by atoms with E-state index in [1.165, 1.54) is 0 Å². The quantitative estimate of drug-likeness (QED) is 0.620. The zero-order valence-electron chi connectivity index (χ0n) is 16.8. The summed E-state index contributed by atoms with van der Waals surface area (Å²) in [6, 6.07) is 28.1. The number of hydrogen-bond acceptors (Lipinski definition) is 2. The number of carbonyl (C=O) groups excluding carboxylic acids is 2. The van der Waals surface area contributed by atoms with Gasteiger partial charge in [-0.25, -0.2) is 0 Å². The van der Waals surface area contributed by atoms with E-state index in [2.05, 4.69) is 30.4 Å². The topological polar surface area (TPSA) is 46.2 Å². The van der Waals surface area contributed by atoms with Crippen molar-refractivity contribution in [3.63, 3.8) is 0 Å². The van der Waals surface area contributed by atoms with E-state index in [4.69, 9.17) is 0 Å². The number of amides is 1. The number of hydrogen-bond donors (Lipinski definition) is 1. The van der Waals surface area contributed by atoms with Crippen molar-refractivity contribution in [2.24, 2.45) is 5.92 Å². The molecular formula is C27H23NO2. The van der Waals surface area contributed by atoms with Crippen LogP contribution in [0.2, 0.25) is 0 Å². The molecule has 3 heteroatoms. The predicted octanol–water partition coefficient (Wildman–Crippen LogP) is 5.22. The fourth-order valence-electron chi connectivity index (χ4n) is 5.68. The molecule has 1 heterocycles. The number of fused-ring (bicyclic) bond motifs is 2. The van der Waals surface area contributed by atoms with E-state index in [0.717, 1.165) is 28.7 Å². The van der Waals surface area contributed by atoms with Crippen LogP contribution in [0.15, 0.2) is 96.6 Å². The number of anilines is 1. The number of aldehydes is 1. The van der Waals surface area contributed by atoms with Gasteiger partial charge in [0.2, 0.25) is 5.91 Å². The average Bonchev–Trinajstić information content (AvgIpc) is 3.07. The maximum atomic E-state index is 13.9. The Labute approximate surface area is 176 Å². The summed E-state index contributed by atoms with van der Waals surface area (Å²) in [5.74, 6) is -0.479. The monoisotopic (exact) mass is 393 g/mol. The summed E-state index contributed by atoms with van der Waals surface area (Å²) < 4.78 is 0. The minimum absolute atomic E-state index is 0.0180. The van der Waals surface area contributed by atoms with Gasteiger partial charge in [0.1, 0.15) is 6.29 Å². The molecule has 148 valence electrons. The van der Waals surface area contributed by atoms with Gasteiger partial charge >= 0.3 is 0 Å². The number of carbonyl (C=O) groups is 2. The molecule has 0 fully saturated rings. The molecule has 5 rings (SSSR count). The molecular weight excluding hydrogens is 370 g/mol. The summed E-state index contributed by atoms with van der Waals surface area (Å²) in [6.45, 7) is 2.11. The molecule has 0 saturated carbocycles. The van der Waals surface area contributed by atoms with Gasteiger partial charge in [0.25, 0.3) is 0 Å². The fourth-order valence-corrected chi connectivity index (χ4v) is 5.68. The van der Waals surface area contributed by atoms with Crippen molar-refractivity contribution in [2.75, 3.05) is 5.32 Å². The third-order valence-electron chi connectivity index (χ3n) is 6.68. The minimum Gasteiger partial charge on any atom is -0.325 e. The largest absolute Gasteiger partial charge is 0.325 e. The molecule has 4 atom stereocenters.